The summed E-state index contributed by atoms with van der Waals surface area (Å²) in [5.41, 5.74) is 0.127. The van der Waals surface area contributed by atoms with E-state index in [-0.39, 0.29) is 12.1 Å². The van der Waals surface area contributed by atoms with E-state index in [0.717, 1.165) is 17.7 Å². The van der Waals surface area contributed by atoms with E-state index in [2.05, 4.69) is 5.32 Å². The molecule has 0 spiro atoms. The molecule has 0 aliphatic rings. The van der Waals surface area contributed by atoms with Crippen LogP contribution in [0.2, 0.25) is 0 Å². The number of thiophene rings is 1. The van der Waals surface area contributed by atoms with Gasteiger partial charge in [-0.3, -0.25) is 9.59 Å². The molecule has 0 radical (unpaired) electrons. The lowest BCUT2D eigenvalue weighted by Gasteiger charge is -2.10. The molecule has 0 bridgehead atoms. The molecule has 2 aromatic rings. The molecule has 1 heterocycles. The highest BCUT2D eigenvalue weighted by Gasteiger charge is 2.30. The van der Waals surface area contributed by atoms with Gasteiger partial charge in [-0.05, 0) is 47.0 Å². The van der Waals surface area contributed by atoms with E-state index < -0.39 is 30.2 Å². The third-order valence-corrected chi connectivity index (χ3v) is 3.77. The summed E-state index contributed by atoms with van der Waals surface area (Å²) < 4.78 is 42.5. The van der Waals surface area contributed by atoms with Gasteiger partial charge in [0.05, 0.1) is 5.56 Å². The van der Waals surface area contributed by atoms with Crippen molar-refractivity contribution in [1.82, 2.24) is 0 Å². The van der Waals surface area contributed by atoms with Gasteiger partial charge >= 0.3 is 12.1 Å². The van der Waals surface area contributed by atoms with Crippen molar-refractivity contribution in [3.05, 3.63) is 52.2 Å². The minimum atomic E-state index is -4.49. The van der Waals surface area contributed by atoms with E-state index >= 15 is 0 Å². The van der Waals surface area contributed by atoms with E-state index in [1.165, 1.54) is 23.5 Å². The number of esters is 1. The Morgan fingerprint density at radius 1 is 1.21 bits per heavy atom. The molecular formula is C16H14F3NO3S. The van der Waals surface area contributed by atoms with Gasteiger partial charge in [-0.15, -0.1) is 0 Å². The van der Waals surface area contributed by atoms with Crippen molar-refractivity contribution >= 4 is 28.9 Å². The number of halogens is 3. The van der Waals surface area contributed by atoms with E-state index in [9.17, 15) is 22.8 Å². The quantitative estimate of drug-likeness (QED) is 0.798. The molecule has 1 amide bonds. The molecular weight excluding hydrogens is 343 g/mol. The van der Waals surface area contributed by atoms with Crippen molar-refractivity contribution in [2.75, 3.05) is 11.9 Å². The van der Waals surface area contributed by atoms with Crippen LogP contribution in [0, 0.1) is 0 Å². The van der Waals surface area contributed by atoms with Crippen molar-refractivity contribution in [1.29, 1.82) is 0 Å². The maximum atomic E-state index is 12.6. The maximum Gasteiger partial charge on any atom is 0.416 e. The molecule has 128 valence electrons. The normalized spacial score (nSPS) is 11.1. The Morgan fingerprint density at radius 3 is 2.67 bits per heavy atom. The fourth-order valence-electron chi connectivity index (χ4n) is 1.87. The monoisotopic (exact) mass is 357 g/mol. The number of benzene rings is 1. The van der Waals surface area contributed by atoms with Crippen LogP contribution in [0.5, 0.6) is 0 Å². The topological polar surface area (TPSA) is 55.4 Å². The lowest BCUT2D eigenvalue weighted by molar-refractivity contribution is -0.147. The number of hydrogen-bond acceptors (Lipinski definition) is 4. The molecule has 24 heavy (non-hydrogen) atoms. The van der Waals surface area contributed by atoms with Gasteiger partial charge in [0.15, 0.2) is 6.61 Å². The number of nitrogens with one attached hydrogen (secondary N) is 1. The first-order valence-electron chi connectivity index (χ1n) is 6.98. The molecule has 1 aromatic carbocycles. The predicted octanol–water partition coefficient (Wildman–Crippen LogP) is 3.88. The summed E-state index contributed by atoms with van der Waals surface area (Å²) in [6, 6.07) is 6.12. The van der Waals surface area contributed by atoms with Crippen LogP contribution in [0.4, 0.5) is 18.9 Å². The number of carbonyl (C=O) groups excluding carboxylic acids is 2. The first kappa shape index (κ1) is 18.0. The van der Waals surface area contributed by atoms with Gasteiger partial charge in [-0.2, -0.15) is 24.5 Å². The molecule has 1 aromatic heterocycles. The Labute approximate surface area is 140 Å². The van der Waals surface area contributed by atoms with Crippen molar-refractivity contribution in [3.8, 4) is 0 Å². The zero-order chi connectivity index (χ0) is 17.6. The zero-order valence-corrected chi connectivity index (χ0v) is 13.2. The lowest BCUT2D eigenvalue weighted by atomic mass is 10.2. The van der Waals surface area contributed by atoms with E-state index in [4.69, 9.17) is 4.74 Å². The van der Waals surface area contributed by atoms with Crippen LogP contribution in [0.15, 0.2) is 41.1 Å². The fourth-order valence-corrected chi connectivity index (χ4v) is 2.57. The zero-order valence-electron chi connectivity index (χ0n) is 12.4. The summed E-state index contributed by atoms with van der Waals surface area (Å²) >= 11 is 1.52. The summed E-state index contributed by atoms with van der Waals surface area (Å²) in [5.74, 6) is -1.24. The van der Waals surface area contributed by atoms with Crippen molar-refractivity contribution in [2.24, 2.45) is 0 Å². The molecule has 0 unspecified atom stereocenters. The number of anilines is 1. The van der Waals surface area contributed by atoms with Crippen LogP contribution >= 0.6 is 11.3 Å². The van der Waals surface area contributed by atoms with Crippen LogP contribution in [-0.4, -0.2) is 18.5 Å². The van der Waals surface area contributed by atoms with Gasteiger partial charge in [0.25, 0.3) is 5.91 Å². The minimum Gasteiger partial charge on any atom is -0.456 e. The van der Waals surface area contributed by atoms with Gasteiger partial charge in [-0.1, -0.05) is 6.07 Å². The lowest BCUT2D eigenvalue weighted by Crippen LogP contribution is -2.21. The van der Waals surface area contributed by atoms with Crippen LogP contribution in [0.25, 0.3) is 0 Å². The molecule has 0 fully saturated rings. The maximum absolute atomic E-state index is 12.6. The van der Waals surface area contributed by atoms with Crippen molar-refractivity contribution in [2.45, 2.75) is 19.0 Å². The number of rotatable bonds is 6. The predicted molar refractivity (Wildman–Crippen MR) is 83.7 cm³/mol. The highest BCUT2D eigenvalue weighted by atomic mass is 32.1. The van der Waals surface area contributed by atoms with Crippen LogP contribution < -0.4 is 5.32 Å². The van der Waals surface area contributed by atoms with Gasteiger partial charge < -0.3 is 10.1 Å². The third kappa shape index (κ3) is 5.69. The molecule has 2 rings (SSSR count). The number of hydrogen-bond donors (Lipinski definition) is 1. The molecule has 8 heteroatoms. The fraction of sp³-hybridized carbons (Fsp3) is 0.250. The van der Waals surface area contributed by atoms with Crippen LogP contribution in [0.3, 0.4) is 0 Å². The SMILES string of the molecule is O=C(COC(=O)CCc1ccsc1)Nc1cccc(C(F)(F)F)c1. The Morgan fingerprint density at radius 2 is 2.00 bits per heavy atom. The van der Waals surface area contributed by atoms with Gasteiger partial charge in [0.1, 0.15) is 0 Å². The summed E-state index contributed by atoms with van der Waals surface area (Å²) in [6.07, 6.45) is -3.85. The number of aryl methyl sites for hydroxylation is 1. The first-order chi connectivity index (χ1) is 11.3. The summed E-state index contributed by atoms with van der Waals surface area (Å²) in [4.78, 5) is 23.2. The second kappa shape index (κ2) is 7.96. The Hall–Kier alpha value is -2.35. The Bertz CT molecular complexity index is 699. The highest BCUT2D eigenvalue weighted by molar-refractivity contribution is 7.07. The highest BCUT2D eigenvalue weighted by Crippen LogP contribution is 2.30. The van der Waals surface area contributed by atoms with E-state index in [1.54, 1.807) is 0 Å². The Balaban J connectivity index is 1.78. The average molecular weight is 357 g/mol. The average Bonchev–Trinajstić information content (AvgIpc) is 3.04. The van der Waals surface area contributed by atoms with Gasteiger partial charge in [0, 0.05) is 12.1 Å². The first-order valence-corrected chi connectivity index (χ1v) is 7.92. The standard InChI is InChI=1S/C16H14F3NO3S/c17-16(18,19)12-2-1-3-13(8-12)20-14(21)9-23-15(22)5-4-11-6-7-24-10-11/h1-3,6-8,10H,4-5,9H2,(H,20,21). The summed E-state index contributed by atoms with van der Waals surface area (Å²) in [6.45, 7) is -0.543. The second-order valence-corrected chi connectivity index (χ2v) is 5.70. The van der Waals surface area contributed by atoms with Gasteiger partial charge in [-0.25, -0.2) is 0 Å². The Kier molecular flexibility index (Phi) is 5.97. The third-order valence-electron chi connectivity index (χ3n) is 3.04. The molecule has 0 saturated carbocycles. The van der Waals surface area contributed by atoms with E-state index in [1.807, 2.05) is 16.8 Å². The van der Waals surface area contributed by atoms with Crippen LogP contribution in [0.1, 0.15) is 17.5 Å². The molecule has 0 saturated heterocycles. The van der Waals surface area contributed by atoms with E-state index in [0.29, 0.717) is 6.42 Å². The van der Waals surface area contributed by atoms with Crippen molar-refractivity contribution in [3.63, 3.8) is 0 Å². The molecule has 1 N–H and O–H groups in total. The number of carbonyl (C=O) groups is 2. The smallest absolute Gasteiger partial charge is 0.416 e. The number of alkyl halides is 3. The molecule has 0 aliphatic heterocycles. The number of ether oxygens (including phenoxy) is 1. The largest absolute Gasteiger partial charge is 0.456 e. The second-order valence-electron chi connectivity index (χ2n) is 4.92. The van der Waals surface area contributed by atoms with Gasteiger partial charge in [0.2, 0.25) is 0 Å². The summed E-state index contributed by atoms with van der Waals surface area (Å²) in [7, 11) is 0. The number of amides is 1. The minimum absolute atomic E-state index is 0.0100. The molecule has 0 aliphatic carbocycles. The van der Waals surface area contributed by atoms with Crippen molar-refractivity contribution < 1.29 is 27.5 Å². The van der Waals surface area contributed by atoms with Crippen LogP contribution in [-0.2, 0) is 26.9 Å². The molecule has 4 nitrogen and oxygen atoms in total. The molecule has 0 atom stereocenters. The summed E-state index contributed by atoms with van der Waals surface area (Å²) in [5, 5.41) is 6.07.